The van der Waals surface area contributed by atoms with E-state index in [-0.39, 0.29) is 5.69 Å². The predicted octanol–water partition coefficient (Wildman–Crippen LogP) is 3.42. The zero-order chi connectivity index (χ0) is 14.7. The Kier molecular flexibility index (Phi) is 4.75. The summed E-state index contributed by atoms with van der Waals surface area (Å²) in [6, 6.07) is 4.39. The van der Waals surface area contributed by atoms with Crippen LogP contribution in [0.1, 0.15) is 25.7 Å². The van der Waals surface area contributed by atoms with Gasteiger partial charge in [-0.05, 0) is 40.9 Å². The van der Waals surface area contributed by atoms with Crippen LogP contribution >= 0.6 is 15.9 Å². The summed E-state index contributed by atoms with van der Waals surface area (Å²) in [4.78, 5) is 23.4. The number of carbonyl (C=O) groups excluding carboxylic acids is 1. The minimum Gasteiger partial charge on any atom is -0.481 e. The number of nitrogens with one attached hydrogen (secondary N) is 1. The van der Waals surface area contributed by atoms with Crippen LogP contribution in [0.2, 0.25) is 0 Å². The number of aliphatic carboxylic acids is 1. The van der Waals surface area contributed by atoms with Gasteiger partial charge in [0.05, 0.1) is 17.5 Å². The number of benzene rings is 1. The second kappa shape index (κ2) is 6.35. The van der Waals surface area contributed by atoms with E-state index in [1.807, 2.05) is 0 Å². The Bertz CT molecular complexity index is 515. The van der Waals surface area contributed by atoms with Gasteiger partial charge < -0.3 is 10.4 Å². The van der Waals surface area contributed by atoms with Crippen LogP contribution < -0.4 is 5.32 Å². The highest BCUT2D eigenvalue weighted by molar-refractivity contribution is 9.10. The first-order valence-corrected chi connectivity index (χ1v) is 7.27. The number of hydrogen-bond acceptors (Lipinski definition) is 2. The molecule has 6 heteroatoms. The highest BCUT2D eigenvalue weighted by Crippen LogP contribution is 2.32. The number of rotatable bonds is 3. The summed E-state index contributed by atoms with van der Waals surface area (Å²) in [6.45, 7) is 0. The standard InChI is InChI=1S/C14H15BrFNO3/c15-10-6-3-7-11(16)12(10)17-13(18)8-4-1-2-5-9(8)14(19)20/h3,6-9H,1-2,4-5H2,(H,17,18)(H,19,20)/t8-,9+/m1/s1. The molecule has 4 nitrogen and oxygen atoms in total. The van der Waals surface area contributed by atoms with Crippen LogP contribution in [-0.4, -0.2) is 17.0 Å². The van der Waals surface area contributed by atoms with Crippen molar-refractivity contribution in [2.75, 3.05) is 5.32 Å². The van der Waals surface area contributed by atoms with Crippen molar-refractivity contribution in [1.29, 1.82) is 0 Å². The monoisotopic (exact) mass is 343 g/mol. The van der Waals surface area contributed by atoms with Gasteiger partial charge in [0, 0.05) is 4.47 Å². The van der Waals surface area contributed by atoms with Crippen LogP contribution in [0, 0.1) is 17.7 Å². The van der Waals surface area contributed by atoms with E-state index in [0.29, 0.717) is 17.3 Å². The molecule has 20 heavy (non-hydrogen) atoms. The second-order valence-corrected chi connectivity index (χ2v) is 5.78. The van der Waals surface area contributed by atoms with Crippen molar-refractivity contribution < 1.29 is 19.1 Å². The smallest absolute Gasteiger partial charge is 0.307 e. The van der Waals surface area contributed by atoms with Crippen molar-refractivity contribution in [3.8, 4) is 0 Å². The van der Waals surface area contributed by atoms with Crippen LogP contribution in [0.25, 0.3) is 0 Å². The van der Waals surface area contributed by atoms with Gasteiger partial charge in [-0.1, -0.05) is 18.9 Å². The predicted molar refractivity (Wildman–Crippen MR) is 75.8 cm³/mol. The number of halogens is 2. The second-order valence-electron chi connectivity index (χ2n) is 4.92. The van der Waals surface area contributed by atoms with Gasteiger partial charge in [0.2, 0.25) is 5.91 Å². The molecule has 0 heterocycles. The maximum atomic E-state index is 13.7. The number of carboxylic acids is 1. The lowest BCUT2D eigenvalue weighted by Gasteiger charge is -2.27. The van der Waals surface area contributed by atoms with E-state index in [1.165, 1.54) is 12.1 Å². The van der Waals surface area contributed by atoms with Gasteiger partial charge in [0.25, 0.3) is 0 Å². The van der Waals surface area contributed by atoms with Crippen molar-refractivity contribution in [3.63, 3.8) is 0 Å². The van der Waals surface area contributed by atoms with E-state index in [1.54, 1.807) is 6.07 Å². The first-order chi connectivity index (χ1) is 9.50. The van der Waals surface area contributed by atoms with E-state index in [9.17, 15) is 14.0 Å². The first-order valence-electron chi connectivity index (χ1n) is 6.48. The lowest BCUT2D eigenvalue weighted by molar-refractivity contribution is -0.147. The minimum atomic E-state index is -0.961. The van der Waals surface area contributed by atoms with E-state index >= 15 is 0 Å². The largest absolute Gasteiger partial charge is 0.481 e. The Labute approximate surface area is 124 Å². The lowest BCUT2D eigenvalue weighted by Crippen LogP contribution is -2.36. The maximum absolute atomic E-state index is 13.7. The Hall–Kier alpha value is -1.43. The van der Waals surface area contributed by atoms with Crippen LogP contribution in [0.5, 0.6) is 0 Å². The Morgan fingerprint density at radius 3 is 2.50 bits per heavy atom. The molecule has 0 bridgehead atoms. The maximum Gasteiger partial charge on any atom is 0.307 e. The summed E-state index contributed by atoms with van der Waals surface area (Å²) < 4.78 is 14.1. The third-order valence-corrected chi connectivity index (χ3v) is 4.29. The SMILES string of the molecule is O=C(O)[C@H]1CCCC[C@H]1C(=O)Nc1c(F)cccc1Br. The van der Waals surface area contributed by atoms with Gasteiger partial charge >= 0.3 is 5.97 Å². The molecule has 2 N–H and O–H groups in total. The summed E-state index contributed by atoms with van der Waals surface area (Å²) in [5.74, 6) is -3.22. The minimum absolute atomic E-state index is 0.0622. The molecule has 2 atom stereocenters. The molecule has 0 radical (unpaired) electrons. The average Bonchev–Trinajstić information content (AvgIpc) is 2.43. The van der Waals surface area contributed by atoms with Gasteiger partial charge in [-0.3, -0.25) is 9.59 Å². The summed E-state index contributed by atoms with van der Waals surface area (Å²) >= 11 is 3.17. The van der Waals surface area contributed by atoms with Gasteiger partial charge in [-0.2, -0.15) is 0 Å². The van der Waals surface area contributed by atoms with E-state index in [4.69, 9.17) is 5.11 Å². The van der Waals surface area contributed by atoms with Gasteiger partial charge in [-0.15, -0.1) is 0 Å². The van der Waals surface area contributed by atoms with Crippen molar-refractivity contribution in [1.82, 2.24) is 0 Å². The molecular weight excluding hydrogens is 329 g/mol. The van der Waals surface area contributed by atoms with E-state index in [2.05, 4.69) is 21.2 Å². The number of hydrogen-bond donors (Lipinski definition) is 2. The molecule has 108 valence electrons. The third-order valence-electron chi connectivity index (χ3n) is 3.63. The highest BCUT2D eigenvalue weighted by Gasteiger charge is 2.36. The highest BCUT2D eigenvalue weighted by atomic mass is 79.9. The fourth-order valence-corrected chi connectivity index (χ4v) is 3.01. The number of anilines is 1. The Morgan fingerprint density at radius 1 is 1.25 bits per heavy atom. The van der Waals surface area contributed by atoms with Gasteiger partial charge in [0.1, 0.15) is 5.82 Å². The lowest BCUT2D eigenvalue weighted by atomic mass is 9.78. The molecule has 1 aromatic carbocycles. The van der Waals surface area contributed by atoms with E-state index < -0.39 is 29.5 Å². The normalized spacial score (nSPS) is 22.3. The zero-order valence-electron chi connectivity index (χ0n) is 10.7. The molecule has 1 amide bonds. The Morgan fingerprint density at radius 2 is 1.90 bits per heavy atom. The molecule has 1 aliphatic rings. The molecular formula is C14H15BrFNO3. The molecule has 0 unspecified atom stereocenters. The van der Waals surface area contributed by atoms with Crippen LogP contribution in [-0.2, 0) is 9.59 Å². The summed E-state index contributed by atoms with van der Waals surface area (Å²) in [6.07, 6.45) is 2.64. The van der Waals surface area contributed by atoms with Crippen LogP contribution in [0.15, 0.2) is 22.7 Å². The molecule has 1 fully saturated rings. The molecule has 1 saturated carbocycles. The number of carbonyl (C=O) groups is 2. The topological polar surface area (TPSA) is 66.4 Å². The molecule has 0 saturated heterocycles. The van der Waals surface area contributed by atoms with Crippen molar-refractivity contribution in [2.45, 2.75) is 25.7 Å². The average molecular weight is 344 g/mol. The van der Waals surface area contributed by atoms with Crippen molar-refractivity contribution in [2.24, 2.45) is 11.8 Å². The van der Waals surface area contributed by atoms with Gasteiger partial charge in [0.15, 0.2) is 0 Å². The quantitative estimate of drug-likeness (QED) is 0.883. The fourth-order valence-electron chi connectivity index (χ4n) is 2.57. The van der Waals surface area contributed by atoms with Crippen LogP contribution in [0.3, 0.4) is 0 Å². The molecule has 0 aromatic heterocycles. The van der Waals surface area contributed by atoms with Crippen molar-refractivity contribution in [3.05, 3.63) is 28.5 Å². The number of para-hydroxylation sites is 1. The number of amides is 1. The molecule has 1 aliphatic carbocycles. The number of carboxylic acid groups (broad SMARTS) is 1. The molecule has 0 aliphatic heterocycles. The van der Waals surface area contributed by atoms with Crippen molar-refractivity contribution >= 4 is 33.5 Å². The third kappa shape index (κ3) is 3.17. The summed E-state index contributed by atoms with van der Waals surface area (Å²) in [7, 11) is 0. The zero-order valence-corrected chi connectivity index (χ0v) is 12.3. The Balaban J connectivity index is 2.16. The molecule has 1 aromatic rings. The fraction of sp³-hybridized carbons (Fsp3) is 0.429. The van der Waals surface area contributed by atoms with Crippen LogP contribution in [0.4, 0.5) is 10.1 Å². The molecule has 2 rings (SSSR count). The van der Waals surface area contributed by atoms with Gasteiger partial charge in [-0.25, -0.2) is 4.39 Å². The summed E-state index contributed by atoms with van der Waals surface area (Å²) in [5.41, 5.74) is 0.0622. The molecule has 0 spiro atoms. The summed E-state index contributed by atoms with van der Waals surface area (Å²) in [5, 5.41) is 11.7. The van der Waals surface area contributed by atoms with E-state index in [0.717, 1.165) is 12.8 Å². The first kappa shape index (κ1) is 15.0.